The Morgan fingerprint density at radius 1 is 1.28 bits per heavy atom. The van der Waals surface area contributed by atoms with Crippen LogP contribution in [0.25, 0.3) is 0 Å². The zero-order valence-electron chi connectivity index (χ0n) is 11.1. The van der Waals surface area contributed by atoms with E-state index in [1.54, 1.807) is 11.3 Å². The number of nitrogens with one attached hydrogen (secondary N) is 1. The van der Waals surface area contributed by atoms with Gasteiger partial charge in [-0.25, -0.2) is 4.98 Å². The normalized spacial score (nSPS) is 11.8. The highest BCUT2D eigenvalue weighted by Gasteiger charge is 2.18. The number of thiazole rings is 1. The summed E-state index contributed by atoms with van der Waals surface area (Å²) in [4.78, 5) is 4.69. The molecule has 0 aliphatic rings. The predicted molar refractivity (Wildman–Crippen MR) is 77.7 cm³/mol. The van der Waals surface area contributed by atoms with Crippen molar-refractivity contribution in [3.8, 4) is 0 Å². The minimum absolute atomic E-state index is 0.111. The molecule has 98 valence electrons. The summed E-state index contributed by atoms with van der Waals surface area (Å²) in [5.74, 6) is 0.898. The first-order chi connectivity index (χ1) is 8.50. The highest BCUT2D eigenvalue weighted by Crippen LogP contribution is 2.26. The molecule has 0 radical (unpaired) electrons. The van der Waals surface area contributed by atoms with Gasteiger partial charge in [0.15, 0.2) is 5.82 Å². The van der Waals surface area contributed by atoms with E-state index < -0.39 is 0 Å². The Morgan fingerprint density at radius 3 is 2.67 bits per heavy atom. The van der Waals surface area contributed by atoms with Crippen LogP contribution in [-0.4, -0.2) is 20.3 Å². The molecular weight excluding hydrogens is 264 g/mol. The van der Waals surface area contributed by atoms with Crippen LogP contribution < -0.4 is 5.32 Å². The van der Waals surface area contributed by atoms with Crippen LogP contribution in [0.3, 0.4) is 0 Å². The number of hydrogen-bond donors (Lipinski definition) is 1. The topological polar surface area (TPSA) is 50.7 Å². The van der Waals surface area contributed by atoms with Crippen LogP contribution >= 0.6 is 23.1 Å². The first-order valence-electron chi connectivity index (χ1n) is 6.01. The van der Waals surface area contributed by atoms with Crippen molar-refractivity contribution in [3.05, 3.63) is 21.8 Å². The number of rotatable bonds is 4. The van der Waals surface area contributed by atoms with E-state index >= 15 is 0 Å². The summed E-state index contributed by atoms with van der Waals surface area (Å²) < 4.78 is 8.59. The van der Waals surface area contributed by atoms with E-state index in [9.17, 15) is 0 Å². The van der Waals surface area contributed by atoms with Crippen LogP contribution in [-0.2, 0) is 11.8 Å². The Morgan fingerprint density at radius 2 is 2.06 bits per heavy atom. The lowest BCUT2D eigenvalue weighted by atomic mass is 9.93. The molecule has 0 aromatic carbocycles. The van der Waals surface area contributed by atoms with E-state index in [0.29, 0.717) is 0 Å². The summed E-state index contributed by atoms with van der Waals surface area (Å²) in [5, 5.41) is 6.47. The van der Waals surface area contributed by atoms with E-state index in [2.05, 4.69) is 52.1 Å². The Balaban J connectivity index is 2.14. The zero-order chi connectivity index (χ0) is 13.2. The maximum absolute atomic E-state index is 4.69. The summed E-state index contributed by atoms with van der Waals surface area (Å²) in [6.07, 6.45) is 0.763. The Hall–Kier alpha value is -1.01. The molecule has 2 aromatic heterocycles. The molecule has 2 heterocycles. The minimum Gasteiger partial charge on any atom is -0.368 e. The fourth-order valence-electron chi connectivity index (χ4n) is 1.50. The molecule has 2 rings (SSSR count). The predicted octanol–water partition coefficient (Wildman–Crippen LogP) is 3.31. The highest BCUT2D eigenvalue weighted by molar-refractivity contribution is 7.09. The fraction of sp³-hybridized carbons (Fsp3) is 0.583. The second-order valence-corrected chi connectivity index (χ2v) is 6.61. The van der Waals surface area contributed by atoms with Crippen molar-refractivity contribution >= 4 is 28.9 Å². The lowest BCUT2D eigenvalue weighted by Gasteiger charge is -2.14. The number of anilines is 1. The van der Waals surface area contributed by atoms with Gasteiger partial charge in [0, 0.05) is 23.8 Å². The maximum atomic E-state index is 4.69. The average molecular weight is 282 g/mol. The fourth-order valence-corrected chi connectivity index (χ4v) is 3.07. The molecule has 0 unspecified atom stereocenters. The average Bonchev–Trinajstić information content (AvgIpc) is 2.89. The molecule has 0 saturated heterocycles. The van der Waals surface area contributed by atoms with Gasteiger partial charge in [-0.2, -0.15) is 8.75 Å². The molecule has 4 nitrogen and oxygen atoms in total. The van der Waals surface area contributed by atoms with Crippen LogP contribution in [0, 0.1) is 0 Å². The summed E-state index contributed by atoms with van der Waals surface area (Å²) in [6, 6.07) is 0. The summed E-state index contributed by atoms with van der Waals surface area (Å²) in [7, 11) is 0. The molecule has 0 amide bonds. The first kappa shape index (κ1) is 13.4. The smallest absolute Gasteiger partial charge is 0.163 e. The van der Waals surface area contributed by atoms with E-state index in [1.165, 1.54) is 11.7 Å². The van der Waals surface area contributed by atoms with Gasteiger partial charge in [0.05, 0.1) is 22.4 Å². The third-order valence-corrected chi connectivity index (χ3v) is 3.95. The molecular formula is C12H18N4S2. The molecule has 18 heavy (non-hydrogen) atoms. The van der Waals surface area contributed by atoms with Crippen molar-refractivity contribution in [2.75, 3.05) is 11.9 Å². The lowest BCUT2D eigenvalue weighted by Crippen LogP contribution is -2.11. The lowest BCUT2D eigenvalue weighted by molar-refractivity contribution is 0.571. The zero-order valence-corrected chi connectivity index (χ0v) is 12.8. The second-order valence-electron chi connectivity index (χ2n) is 5.14. The number of aromatic nitrogens is 3. The maximum Gasteiger partial charge on any atom is 0.163 e. The summed E-state index contributed by atoms with van der Waals surface area (Å²) >= 11 is 2.95. The van der Waals surface area contributed by atoms with Crippen molar-refractivity contribution in [1.29, 1.82) is 0 Å². The van der Waals surface area contributed by atoms with E-state index in [1.807, 2.05) is 0 Å². The molecule has 0 aliphatic carbocycles. The molecule has 0 saturated carbocycles. The van der Waals surface area contributed by atoms with Crippen LogP contribution in [0.15, 0.2) is 5.38 Å². The van der Waals surface area contributed by atoms with Gasteiger partial charge in [-0.15, -0.1) is 11.3 Å². The van der Waals surface area contributed by atoms with Gasteiger partial charge in [-0.3, -0.25) is 0 Å². The number of hydrogen-bond acceptors (Lipinski definition) is 6. The SMILES string of the molecule is CCNc1nsnc1Cc1nc(C(C)(C)C)cs1. The highest BCUT2D eigenvalue weighted by atomic mass is 32.1. The molecule has 2 aromatic rings. The molecule has 0 spiro atoms. The van der Waals surface area contributed by atoms with Crippen LogP contribution in [0.2, 0.25) is 0 Å². The van der Waals surface area contributed by atoms with Gasteiger partial charge in [0.25, 0.3) is 0 Å². The van der Waals surface area contributed by atoms with E-state index in [0.717, 1.165) is 35.2 Å². The van der Waals surface area contributed by atoms with E-state index in [4.69, 9.17) is 0 Å². The second kappa shape index (κ2) is 5.32. The van der Waals surface area contributed by atoms with Gasteiger partial charge < -0.3 is 5.32 Å². The van der Waals surface area contributed by atoms with Crippen molar-refractivity contribution in [2.24, 2.45) is 0 Å². The van der Waals surface area contributed by atoms with Gasteiger partial charge in [-0.1, -0.05) is 20.8 Å². The van der Waals surface area contributed by atoms with Gasteiger partial charge in [0.2, 0.25) is 0 Å². The summed E-state index contributed by atoms with van der Waals surface area (Å²) in [5.41, 5.74) is 2.26. The van der Waals surface area contributed by atoms with Gasteiger partial charge in [0.1, 0.15) is 5.69 Å². The van der Waals surface area contributed by atoms with Crippen molar-refractivity contribution in [3.63, 3.8) is 0 Å². The van der Waals surface area contributed by atoms with E-state index in [-0.39, 0.29) is 5.41 Å². The van der Waals surface area contributed by atoms with Crippen molar-refractivity contribution in [2.45, 2.75) is 39.5 Å². The molecule has 0 aliphatic heterocycles. The molecule has 0 fully saturated rings. The Labute approximate surface area is 116 Å². The minimum atomic E-state index is 0.111. The van der Waals surface area contributed by atoms with Gasteiger partial charge in [-0.05, 0) is 6.92 Å². The van der Waals surface area contributed by atoms with Crippen molar-refractivity contribution < 1.29 is 0 Å². The standard InChI is InChI=1S/C12H18N4S2/c1-5-13-11-8(15-18-16-11)6-10-14-9(7-17-10)12(2,3)4/h7H,5-6H2,1-4H3,(H,13,16). The summed E-state index contributed by atoms with van der Waals surface area (Å²) in [6.45, 7) is 9.47. The van der Waals surface area contributed by atoms with Gasteiger partial charge >= 0.3 is 0 Å². The molecule has 6 heteroatoms. The third kappa shape index (κ3) is 3.05. The Bertz CT molecular complexity index is 510. The quantitative estimate of drug-likeness (QED) is 0.934. The number of nitrogens with zero attached hydrogens (tertiary/aromatic N) is 3. The first-order valence-corrected chi connectivity index (χ1v) is 7.62. The Kier molecular flexibility index (Phi) is 3.97. The van der Waals surface area contributed by atoms with Crippen LogP contribution in [0.1, 0.15) is 44.1 Å². The molecule has 0 atom stereocenters. The molecule has 1 N–H and O–H groups in total. The molecule has 0 bridgehead atoms. The van der Waals surface area contributed by atoms with Crippen LogP contribution in [0.5, 0.6) is 0 Å². The largest absolute Gasteiger partial charge is 0.368 e. The van der Waals surface area contributed by atoms with Crippen LogP contribution in [0.4, 0.5) is 5.82 Å². The third-order valence-electron chi connectivity index (χ3n) is 2.54. The van der Waals surface area contributed by atoms with Crippen molar-refractivity contribution in [1.82, 2.24) is 13.7 Å². The monoisotopic (exact) mass is 282 g/mol.